The van der Waals surface area contributed by atoms with Crippen molar-refractivity contribution in [3.8, 4) is 16.9 Å². The van der Waals surface area contributed by atoms with E-state index < -0.39 is 0 Å². The lowest BCUT2D eigenvalue weighted by atomic mass is 9.96. The van der Waals surface area contributed by atoms with Crippen molar-refractivity contribution in [1.29, 1.82) is 0 Å². The van der Waals surface area contributed by atoms with Crippen LogP contribution >= 0.6 is 0 Å². The fourth-order valence-electron chi connectivity index (χ4n) is 3.91. The van der Waals surface area contributed by atoms with Crippen LogP contribution in [-0.2, 0) is 4.79 Å². The molecule has 0 aliphatic heterocycles. The van der Waals surface area contributed by atoms with Gasteiger partial charge in [0.1, 0.15) is 11.3 Å². The molecule has 4 aromatic rings. The highest BCUT2D eigenvalue weighted by Gasteiger charge is 2.16. The Labute approximate surface area is 182 Å². The Kier molecular flexibility index (Phi) is 5.81. The SMILES string of the molecule is CCOc1cc2occ(-c3cccc4ccccc34)c2cc1/C(C)=C/C(=O)NC(C)C. The minimum atomic E-state index is -0.114. The first-order valence-corrected chi connectivity index (χ1v) is 10.6. The third kappa shape index (κ3) is 4.19. The van der Waals surface area contributed by atoms with Crippen LogP contribution in [0.4, 0.5) is 0 Å². The number of hydrogen-bond donors (Lipinski definition) is 1. The van der Waals surface area contributed by atoms with Crippen LogP contribution in [0.2, 0.25) is 0 Å². The lowest BCUT2D eigenvalue weighted by molar-refractivity contribution is -0.116. The highest BCUT2D eigenvalue weighted by Crippen LogP contribution is 2.39. The predicted octanol–water partition coefficient (Wildman–Crippen LogP) is 6.58. The van der Waals surface area contributed by atoms with Crippen molar-refractivity contribution in [3.05, 3.63) is 72.5 Å². The van der Waals surface area contributed by atoms with Gasteiger partial charge in [-0.05, 0) is 55.7 Å². The summed E-state index contributed by atoms with van der Waals surface area (Å²) in [7, 11) is 0. The zero-order valence-electron chi connectivity index (χ0n) is 18.4. The molecule has 1 N–H and O–H groups in total. The minimum absolute atomic E-state index is 0.0808. The van der Waals surface area contributed by atoms with E-state index in [2.05, 4.69) is 41.7 Å². The predicted molar refractivity (Wildman–Crippen MR) is 127 cm³/mol. The molecule has 1 heterocycles. The quantitative estimate of drug-likeness (QED) is 0.363. The summed E-state index contributed by atoms with van der Waals surface area (Å²) in [5.41, 5.74) is 4.63. The normalized spacial score (nSPS) is 12.0. The van der Waals surface area contributed by atoms with Crippen molar-refractivity contribution in [1.82, 2.24) is 5.32 Å². The van der Waals surface area contributed by atoms with E-state index >= 15 is 0 Å². The van der Waals surface area contributed by atoms with Gasteiger partial charge in [-0.25, -0.2) is 0 Å². The second-order valence-corrected chi connectivity index (χ2v) is 7.94. The Hall–Kier alpha value is -3.53. The first-order valence-electron chi connectivity index (χ1n) is 10.6. The van der Waals surface area contributed by atoms with Gasteiger partial charge in [0.25, 0.3) is 0 Å². The number of carbonyl (C=O) groups excluding carboxylic acids is 1. The van der Waals surface area contributed by atoms with Crippen LogP contribution in [0.3, 0.4) is 0 Å². The van der Waals surface area contributed by atoms with Crippen LogP contribution < -0.4 is 10.1 Å². The highest BCUT2D eigenvalue weighted by atomic mass is 16.5. The molecule has 0 atom stereocenters. The summed E-state index contributed by atoms with van der Waals surface area (Å²) >= 11 is 0. The van der Waals surface area contributed by atoms with E-state index in [1.165, 1.54) is 10.8 Å². The van der Waals surface area contributed by atoms with Gasteiger partial charge in [0, 0.05) is 34.7 Å². The number of nitrogens with one attached hydrogen (secondary N) is 1. The first kappa shape index (κ1) is 20.7. The van der Waals surface area contributed by atoms with Crippen LogP contribution in [0.1, 0.15) is 33.3 Å². The van der Waals surface area contributed by atoms with Crippen molar-refractivity contribution < 1.29 is 13.9 Å². The molecule has 0 radical (unpaired) electrons. The number of allylic oxidation sites excluding steroid dienone is 1. The van der Waals surface area contributed by atoms with Gasteiger partial charge in [0.15, 0.2) is 0 Å². The minimum Gasteiger partial charge on any atom is -0.493 e. The van der Waals surface area contributed by atoms with E-state index in [0.717, 1.165) is 33.2 Å². The number of furan rings is 1. The summed E-state index contributed by atoms with van der Waals surface area (Å²) in [4.78, 5) is 12.3. The van der Waals surface area contributed by atoms with E-state index in [0.29, 0.717) is 12.4 Å². The lowest BCUT2D eigenvalue weighted by Gasteiger charge is -2.12. The summed E-state index contributed by atoms with van der Waals surface area (Å²) in [5, 5.41) is 6.26. The zero-order valence-corrected chi connectivity index (χ0v) is 18.4. The molecule has 1 amide bonds. The number of benzene rings is 3. The van der Waals surface area contributed by atoms with Crippen molar-refractivity contribution in [2.75, 3.05) is 6.61 Å². The summed E-state index contributed by atoms with van der Waals surface area (Å²) in [6, 6.07) is 18.7. The molecule has 31 heavy (non-hydrogen) atoms. The molecule has 4 rings (SSSR count). The van der Waals surface area contributed by atoms with Gasteiger partial charge in [-0.15, -0.1) is 0 Å². The smallest absolute Gasteiger partial charge is 0.244 e. The summed E-state index contributed by atoms with van der Waals surface area (Å²) < 4.78 is 11.8. The van der Waals surface area contributed by atoms with Crippen molar-refractivity contribution >= 4 is 33.2 Å². The number of rotatable bonds is 6. The van der Waals surface area contributed by atoms with E-state index in [9.17, 15) is 4.79 Å². The standard InChI is InChI=1S/C27H27NO3/c1-5-30-25-15-26-23(14-22(25)18(4)13-27(29)28-17(2)3)24(16-31-26)21-12-8-10-19-9-6-7-11-20(19)21/h6-17H,5H2,1-4H3,(H,28,29)/b18-13+. The number of ether oxygens (including phenoxy) is 1. The summed E-state index contributed by atoms with van der Waals surface area (Å²) in [5.74, 6) is 0.594. The highest BCUT2D eigenvalue weighted by molar-refractivity contribution is 6.06. The van der Waals surface area contributed by atoms with E-state index in [1.807, 2.05) is 45.9 Å². The maximum absolute atomic E-state index is 12.3. The average Bonchev–Trinajstić information content (AvgIpc) is 3.15. The molecule has 0 spiro atoms. The fourth-order valence-corrected chi connectivity index (χ4v) is 3.91. The molecule has 0 saturated carbocycles. The number of carbonyl (C=O) groups is 1. The van der Waals surface area contributed by atoms with Crippen LogP contribution in [0.15, 0.2) is 71.4 Å². The molecule has 4 heteroatoms. The Morgan fingerprint density at radius 2 is 1.84 bits per heavy atom. The average molecular weight is 414 g/mol. The van der Waals surface area contributed by atoms with Gasteiger partial charge in [-0.2, -0.15) is 0 Å². The second kappa shape index (κ2) is 8.68. The van der Waals surface area contributed by atoms with Gasteiger partial charge >= 0.3 is 0 Å². The lowest BCUT2D eigenvalue weighted by Crippen LogP contribution is -2.28. The van der Waals surface area contributed by atoms with E-state index in [4.69, 9.17) is 9.15 Å². The molecule has 0 bridgehead atoms. The Balaban J connectivity index is 1.88. The van der Waals surface area contributed by atoms with Gasteiger partial charge in [-0.1, -0.05) is 42.5 Å². The van der Waals surface area contributed by atoms with E-state index in [-0.39, 0.29) is 11.9 Å². The summed E-state index contributed by atoms with van der Waals surface area (Å²) in [6.45, 7) is 8.30. The maximum Gasteiger partial charge on any atom is 0.244 e. The molecule has 0 aliphatic carbocycles. The van der Waals surface area contributed by atoms with Crippen molar-refractivity contribution in [2.24, 2.45) is 0 Å². The monoisotopic (exact) mass is 413 g/mol. The molecule has 0 saturated heterocycles. The maximum atomic E-state index is 12.3. The van der Waals surface area contributed by atoms with Crippen LogP contribution in [-0.4, -0.2) is 18.6 Å². The van der Waals surface area contributed by atoms with Gasteiger partial charge in [0.05, 0.1) is 12.9 Å². The Bertz CT molecular complexity index is 1280. The third-order valence-corrected chi connectivity index (χ3v) is 5.26. The fraction of sp³-hybridized carbons (Fsp3) is 0.222. The second-order valence-electron chi connectivity index (χ2n) is 7.94. The molecule has 1 aromatic heterocycles. The number of fused-ring (bicyclic) bond motifs is 2. The van der Waals surface area contributed by atoms with Gasteiger partial charge in [-0.3, -0.25) is 4.79 Å². The molecule has 0 unspecified atom stereocenters. The molecule has 0 aliphatic rings. The molecular formula is C27H27NO3. The Morgan fingerprint density at radius 3 is 2.61 bits per heavy atom. The van der Waals surface area contributed by atoms with Gasteiger partial charge < -0.3 is 14.5 Å². The van der Waals surface area contributed by atoms with Gasteiger partial charge in [0.2, 0.25) is 5.91 Å². The first-order chi connectivity index (χ1) is 15.0. The largest absolute Gasteiger partial charge is 0.493 e. The summed E-state index contributed by atoms with van der Waals surface area (Å²) in [6.07, 6.45) is 3.43. The molecule has 158 valence electrons. The van der Waals surface area contributed by atoms with Crippen molar-refractivity contribution in [3.63, 3.8) is 0 Å². The zero-order chi connectivity index (χ0) is 22.0. The molecule has 4 nitrogen and oxygen atoms in total. The molecule has 0 fully saturated rings. The molecule has 3 aromatic carbocycles. The van der Waals surface area contributed by atoms with Crippen LogP contribution in [0.5, 0.6) is 5.75 Å². The third-order valence-electron chi connectivity index (χ3n) is 5.26. The Morgan fingerprint density at radius 1 is 1.06 bits per heavy atom. The van der Waals surface area contributed by atoms with Crippen LogP contribution in [0, 0.1) is 0 Å². The van der Waals surface area contributed by atoms with Crippen LogP contribution in [0.25, 0.3) is 38.4 Å². The number of amides is 1. The number of hydrogen-bond acceptors (Lipinski definition) is 3. The van der Waals surface area contributed by atoms with E-state index in [1.54, 1.807) is 12.3 Å². The molecular weight excluding hydrogens is 386 g/mol. The topological polar surface area (TPSA) is 51.5 Å². The van der Waals surface area contributed by atoms with Crippen molar-refractivity contribution in [2.45, 2.75) is 33.7 Å².